The molecule has 5 heteroatoms. The standard InChI is InChI=1S/C6H2AsCl3O/c8-3-1-4(9)6(7-11)5(10)2-3/h1-2H. The van der Waals surface area contributed by atoms with E-state index in [-0.39, 0.29) is 0 Å². The first-order valence-electron chi connectivity index (χ1n) is 2.63. The van der Waals surface area contributed by atoms with Crippen LogP contribution in [0.15, 0.2) is 12.1 Å². The number of halogens is 3. The zero-order chi connectivity index (χ0) is 8.43. The van der Waals surface area contributed by atoms with Gasteiger partial charge in [-0.25, -0.2) is 0 Å². The summed E-state index contributed by atoms with van der Waals surface area (Å²) in [6.45, 7) is 0. The topological polar surface area (TPSA) is 17.1 Å². The molecule has 1 rings (SSSR count). The van der Waals surface area contributed by atoms with Gasteiger partial charge in [0.2, 0.25) is 0 Å². The second-order valence-electron chi connectivity index (χ2n) is 1.81. The molecule has 0 radical (unpaired) electrons. The molecule has 0 aliphatic carbocycles. The quantitative estimate of drug-likeness (QED) is 0.716. The fourth-order valence-corrected chi connectivity index (χ4v) is 2.43. The van der Waals surface area contributed by atoms with Crippen molar-refractivity contribution in [1.82, 2.24) is 0 Å². The Bertz CT molecular complexity index is 277. The second kappa shape index (κ2) is 3.91. The van der Waals surface area contributed by atoms with Crippen molar-refractivity contribution < 1.29 is 3.74 Å². The van der Waals surface area contributed by atoms with E-state index in [1.807, 2.05) is 0 Å². The molecule has 1 aromatic rings. The van der Waals surface area contributed by atoms with Gasteiger partial charge in [-0.3, -0.25) is 0 Å². The third kappa shape index (κ3) is 2.19. The van der Waals surface area contributed by atoms with Crippen molar-refractivity contribution in [2.45, 2.75) is 0 Å². The summed E-state index contributed by atoms with van der Waals surface area (Å²) in [4.78, 5) is 0. The van der Waals surface area contributed by atoms with Crippen LogP contribution in [0.5, 0.6) is 0 Å². The van der Waals surface area contributed by atoms with Crippen molar-refractivity contribution in [3.63, 3.8) is 0 Å². The number of rotatable bonds is 1. The van der Waals surface area contributed by atoms with Crippen LogP contribution in [0.3, 0.4) is 0 Å². The molecule has 1 aromatic carbocycles. The van der Waals surface area contributed by atoms with Crippen LogP contribution in [0.25, 0.3) is 0 Å². The molecular weight excluding hydrogens is 269 g/mol. The zero-order valence-electron chi connectivity index (χ0n) is 5.14. The van der Waals surface area contributed by atoms with Gasteiger partial charge in [0.25, 0.3) is 0 Å². The second-order valence-corrected chi connectivity index (χ2v) is 4.38. The maximum atomic E-state index is 10.6. The molecule has 0 aromatic heterocycles. The van der Waals surface area contributed by atoms with E-state index in [1.54, 1.807) is 0 Å². The van der Waals surface area contributed by atoms with E-state index in [9.17, 15) is 3.74 Å². The SMILES string of the molecule is O=[As]c1c(Cl)cc(Cl)cc1Cl. The van der Waals surface area contributed by atoms with Crippen molar-refractivity contribution in [1.29, 1.82) is 0 Å². The van der Waals surface area contributed by atoms with E-state index in [1.165, 1.54) is 12.1 Å². The minimum atomic E-state index is -1.19. The third-order valence-corrected chi connectivity index (χ3v) is 3.86. The molecule has 0 aliphatic rings. The Morgan fingerprint density at radius 1 is 1.09 bits per heavy atom. The molecule has 11 heavy (non-hydrogen) atoms. The van der Waals surface area contributed by atoms with Crippen LogP contribution in [0, 0.1) is 0 Å². The summed E-state index contributed by atoms with van der Waals surface area (Å²) in [6, 6.07) is 3.05. The van der Waals surface area contributed by atoms with Gasteiger partial charge in [-0.05, 0) is 0 Å². The molecule has 1 nitrogen and oxygen atoms in total. The van der Waals surface area contributed by atoms with Crippen molar-refractivity contribution in [2.24, 2.45) is 0 Å². The average molecular weight is 271 g/mol. The summed E-state index contributed by atoms with van der Waals surface area (Å²) in [5, 5.41) is 1.20. The molecule has 0 heterocycles. The molecule has 58 valence electrons. The van der Waals surface area contributed by atoms with Crippen LogP contribution in [0.2, 0.25) is 15.1 Å². The summed E-state index contributed by atoms with van der Waals surface area (Å²) in [7, 11) is 0. The van der Waals surface area contributed by atoms with Crippen molar-refractivity contribution in [2.75, 3.05) is 0 Å². The van der Waals surface area contributed by atoms with Crippen molar-refractivity contribution >= 4 is 54.8 Å². The van der Waals surface area contributed by atoms with E-state index in [0.29, 0.717) is 19.4 Å². The van der Waals surface area contributed by atoms with Gasteiger partial charge < -0.3 is 0 Å². The Balaban J connectivity index is 3.36. The zero-order valence-corrected chi connectivity index (χ0v) is 9.29. The van der Waals surface area contributed by atoms with E-state index in [2.05, 4.69) is 0 Å². The Hall–Kier alpha value is 0.448. The molecule has 0 aliphatic heterocycles. The van der Waals surface area contributed by atoms with Crippen LogP contribution in [-0.4, -0.2) is 15.7 Å². The summed E-state index contributed by atoms with van der Waals surface area (Å²) in [5.74, 6) is 0. The fourth-order valence-electron chi connectivity index (χ4n) is 0.622. The minimum absolute atomic E-state index is 0.373. The monoisotopic (exact) mass is 270 g/mol. The molecule has 0 saturated carbocycles. The van der Waals surface area contributed by atoms with Gasteiger partial charge >= 0.3 is 85.8 Å². The molecule has 0 fully saturated rings. The predicted octanol–water partition coefficient (Wildman–Crippen LogP) is 2.32. The number of hydrogen-bond acceptors (Lipinski definition) is 1. The molecule has 0 bridgehead atoms. The third-order valence-electron chi connectivity index (χ3n) is 1.07. The molecule has 0 saturated heterocycles. The molecule has 0 atom stereocenters. The summed E-state index contributed by atoms with van der Waals surface area (Å²) >= 11 is 15.8. The molecule has 0 spiro atoms. The van der Waals surface area contributed by atoms with Gasteiger partial charge in [0, 0.05) is 0 Å². The maximum absolute atomic E-state index is 10.6. The van der Waals surface area contributed by atoms with Gasteiger partial charge in [-0.1, -0.05) is 0 Å². The number of benzene rings is 1. The van der Waals surface area contributed by atoms with Gasteiger partial charge in [0.1, 0.15) is 0 Å². The summed E-state index contributed by atoms with van der Waals surface area (Å²) in [5.41, 5.74) is 0. The first-order valence-corrected chi connectivity index (χ1v) is 5.47. The van der Waals surface area contributed by atoms with Gasteiger partial charge in [0.05, 0.1) is 0 Å². The van der Waals surface area contributed by atoms with Gasteiger partial charge in [0.15, 0.2) is 0 Å². The molecule has 0 unspecified atom stereocenters. The Morgan fingerprint density at radius 3 is 1.91 bits per heavy atom. The Morgan fingerprint density at radius 2 is 1.55 bits per heavy atom. The molecule has 0 N–H and O–H groups in total. The van der Waals surface area contributed by atoms with Crippen LogP contribution < -0.4 is 4.35 Å². The predicted molar refractivity (Wildman–Crippen MR) is 47.5 cm³/mol. The molecule has 0 amide bonds. The van der Waals surface area contributed by atoms with Crippen molar-refractivity contribution in [3.8, 4) is 0 Å². The first kappa shape index (κ1) is 9.54. The first-order chi connectivity index (χ1) is 5.15. The van der Waals surface area contributed by atoms with Crippen LogP contribution in [0.1, 0.15) is 0 Å². The van der Waals surface area contributed by atoms with Gasteiger partial charge in [-0.2, -0.15) is 0 Å². The van der Waals surface area contributed by atoms with E-state index in [0.717, 1.165) is 0 Å². The summed E-state index contributed by atoms with van der Waals surface area (Å²) in [6.07, 6.45) is 0. The Kier molecular flexibility index (Phi) is 3.39. The average Bonchev–Trinajstić information content (AvgIpc) is 1.85. The number of hydrogen-bond donors (Lipinski definition) is 0. The van der Waals surface area contributed by atoms with Crippen LogP contribution >= 0.6 is 34.8 Å². The van der Waals surface area contributed by atoms with Crippen LogP contribution in [-0.2, 0) is 3.74 Å². The van der Waals surface area contributed by atoms with E-state index in [4.69, 9.17) is 34.8 Å². The normalized spacial score (nSPS) is 10.5. The van der Waals surface area contributed by atoms with Gasteiger partial charge in [-0.15, -0.1) is 0 Å². The fraction of sp³-hybridized carbons (Fsp3) is 0. The van der Waals surface area contributed by atoms with Crippen LogP contribution in [0.4, 0.5) is 0 Å². The summed E-state index contributed by atoms with van der Waals surface area (Å²) < 4.78 is 11.1. The van der Waals surface area contributed by atoms with E-state index >= 15 is 0 Å². The molecular formula is C6H2AsCl3O. The van der Waals surface area contributed by atoms with E-state index < -0.39 is 15.7 Å². The van der Waals surface area contributed by atoms with Crippen molar-refractivity contribution in [3.05, 3.63) is 27.2 Å². The Labute approximate surface area is 85.5 Å².